The van der Waals surface area contributed by atoms with Gasteiger partial charge in [-0.15, -0.1) is 11.3 Å². The molecule has 3 unspecified atom stereocenters. The van der Waals surface area contributed by atoms with Gasteiger partial charge in [0.15, 0.2) is 5.96 Å². The normalized spacial score (nSPS) is 28.9. The van der Waals surface area contributed by atoms with Gasteiger partial charge in [-0.1, -0.05) is 11.6 Å². The molecule has 110 valence electrons. The van der Waals surface area contributed by atoms with Crippen LogP contribution in [0.15, 0.2) is 17.1 Å². The van der Waals surface area contributed by atoms with Crippen LogP contribution in [0.2, 0.25) is 4.34 Å². The van der Waals surface area contributed by atoms with Crippen LogP contribution in [0.5, 0.6) is 0 Å². The Labute approximate surface area is 128 Å². The van der Waals surface area contributed by atoms with Crippen LogP contribution in [-0.4, -0.2) is 37.8 Å². The highest BCUT2D eigenvalue weighted by molar-refractivity contribution is 7.16. The van der Waals surface area contributed by atoms with E-state index in [4.69, 9.17) is 16.3 Å². The van der Waals surface area contributed by atoms with Crippen LogP contribution in [0.25, 0.3) is 0 Å². The predicted octanol–water partition coefficient (Wildman–Crippen LogP) is 2.43. The molecule has 2 fully saturated rings. The Kier molecular flexibility index (Phi) is 4.48. The number of hydrogen-bond donors (Lipinski definition) is 2. The molecular weight excluding hydrogens is 294 g/mol. The number of guanidine groups is 1. The minimum Gasteiger partial charge on any atom is -0.373 e. The van der Waals surface area contributed by atoms with Gasteiger partial charge >= 0.3 is 0 Å². The molecule has 1 aromatic heterocycles. The summed E-state index contributed by atoms with van der Waals surface area (Å²) in [6.07, 6.45) is 5.29. The summed E-state index contributed by atoms with van der Waals surface area (Å²) in [6.45, 7) is 0.859. The van der Waals surface area contributed by atoms with Crippen LogP contribution < -0.4 is 10.6 Å². The summed E-state index contributed by atoms with van der Waals surface area (Å²) in [5.41, 5.74) is 0. The topological polar surface area (TPSA) is 45.7 Å². The van der Waals surface area contributed by atoms with Crippen molar-refractivity contribution in [2.24, 2.45) is 4.99 Å². The lowest BCUT2D eigenvalue weighted by molar-refractivity contribution is 0.0992. The Morgan fingerprint density at radius 1 is 1.50 bits per heavy atom. The summed E-state index contributed by atoms with van der Waals surface area (Å²) in [5, 5.41) is 6.84. The van der Waals surface area contributed by atoms with E-state index in [1.54, 1.807) is 11.3 Å². The van der Waals surface area contributed by atoms with Gasteiger partial charge in [-0.3, -0.25) is 4.99 Å². The fraction of sp³-hybridized carbons (Fsp3) is 0.643. The lowest BCUT2D eigenvalue weighted by Gasteiger charge is -2.22. The number of rotatable bonds is 4. The van der Waals surface area contributed by atoms with Gasteiger partial charge in [0.1, 0.15) is 0 Å². The molecule has 0 amide bonds. The first-order valence-electron chi connectivity index (χ1n) is 7.11. The number of ether oxygens (including phenoxy) is 1. The zero-order chi connectivity index (χ0) is 13.9. The fourth-order valence-electron chi connectivity index (χ4n) is 2.95. The summed E-state index contributed by atoms with van der Waals surface area (Å²) in [4.78, 5) is 5.58. The molecule has 2 saturated heterocycles. The third kappa shape index (κ3) is 3.27. The van der Waals surface area contributed by atoms with Crippen molar-refractivity contribution in [3.8, 4) is 0 Å². The first kappa shape index (κ1) is 14.2. The van der Waals surface area contributed by atoms with Crippen molar-refractivity contribution >= 4 is 28.9 Å². The molecule has 2 N–H and O–H groups in total. The second-order valence-corrected chi connectivity index (χ2v) is 7.11. The van der Waals surface area contributed by atoms with Crippen molar-refractivity contribution in [2.75, 3.05) is 13.6 Å². The lowest BCUT2D eigenvalue weighted by Crippen LogP contribution is -2.47. The van der Waals surface area contributed by atoms with E-state index in [0.29, 0.717) is 18.2 Å². The maximum Gasteiger partial charge on any atom is 0.191 e. The Balaban J connectivity index is 1.43. The van der Waals surface area contributed by atoms with Gasteiger partial charge in [-0.05, 0) is 37.8 Å². The van der Waals surface area contributed by atoms with Crippen molar-refractivity contribution in [3.63, 3.8) is 0 Å². The van der Waals surface area contributed by atoms with Gasteiger partial charge in [0.25, 0.3) is 0 Å². The third-order valence-electron chi connectivity index (χ3n) is 3.94. The average molecular weight is 314 g/mol. The molecule has 1 aromatic rings. The molecular formula is C14H20ClN3OS. The average Bonchev–Trinajstić information content (AvgIpc) is 3.14. The van der Waals surface area contributed by atoms with Crippen LogP contribution in [0.1, 0.15) is 24.1 Å². The smallest absolute Gasteiger partial charge is 0.191 e. The van der Waals surface area contributed by atoms with E-state index < -0.39 is 0 Å². The molecule has 0 aliphatic carbocycles. The van der Waals surface area contributed by atoms with Crippen molar-refractivity contribution in [2.45, 2.75) is 43.9 Å². The van der Waals surface area contributed by atoms with E-state index in [-0.39, 0.29) is 0 Å². The quantitative estimate of drug-likeness (QED) is 0.663. The molecule has 3 atom stereocenters. The molecule has 20 heavy (non-hydrogen) atoms. The Morgan fingerprint density at radius 3 is 3.00 bits per heavy atom. The van der Waals surface area contributed by atoms with Gasteiger partial charge in [-0.2, -0.15) is 0 Å². The maximum absolute atomic E-state index is 5.93. The molecule has 6 heteroatoms. The SMILES string of the molecule is CN=C(NCCc1ccc(Cl)s1)NC1CC2CCC1O2. The molecule has 4 nitrogen and oxygen atoms in total. The van der Waals surface area contributed by atoms with Crippen LogP contribution in [0.4, 0.5) is 0 Å². The Morgan fingerprint density at radius 2 is 2.40 bits per heavy atom. The van der Waals surface area contributed by atoms with E-state index in [1.165, 1.54) is 17.7 Å². The minimum atomic E-state index is 0.370. The first-order chi connectivity index (χ1) is 9.74. The molecule has 0 saturated carbocycles. The number of nitrogens with one attached hydrogen (secondary N) is 2. The highest BCUT2D eigenvalue weighted by Crippen LogP contribution is 2.34. The Hall–Kier alpha value is -0.780. The zero-order valence-corrected chi connectivity index (χ0v) is 13.1. The molecule has 0 spiro atoms. The highest BCUT2D eigenvalue weighted by Gasteiger charge is 2.41. The molecule has 3 heterocycles. The van der Waals surface area contributed by atoms with Gasteiger partial charge in [0, 0.05) is 18.5 Å². The summed E-state index contributed by atoms with van der Waals surface area (Å²) < 4.78 is 6.70. The van der Waals surface area contributed by atoms with Gasteiger partial charge in [0.05, 0.1) is 22.6 Å². The van der Waals surface area contributed by atoms with E-state index in [1.807, 2.05) is 13.1 Å². The molecule has 2 bridgehead atoms. The fourth-order valence-corrected chi connectivity index (χ4v) is 4.04. The predicted molar refractivity (Wildman–Crippen MR) is 83.8 cm³/mol. The van der Waals surface area contributed by atoms with Crippen LogP contribution >= 0.6 is 22.9 Å². The Bertz CT molecular complexity index is 491. The van der Waals surface area contributed by atoms with Gasteiger partial charge in [0.2, 0.25) is 0 Å². The second kappa shape index (κ2) is 6.33. The van der Waals surface area contributed by atoms with Gasteiger partial charge < -0.3 is 15.4 Å². The third-order valence-corrected chi connectivity index (χ3v) is 5.24. The maximum atomic E-state index is 5.93. The van der Waals surface area contributed by atoms with E-state index in [2.05, 4.69) is 21.7 Å². The van der Waals surface area contributed by atoms with Crippen molar-refractivity contribution < 1.29 is 4.74 Å². The van der Waals surface area contributed by atoms with Crippen molar-refractivity contribution in [3.05, 3.63) is 21.3 Å². The molecule has 3 rings (SSSR count). The van der Waals surface area contributed by atoms with Crippen molar-refractivity contribution in [1.82, 2.24) is 10.6 Å². The van der Waals surface area contributed by atoms with E-state index in [9.17, 15) is 0 Å². The largest absolute Gasteiger partial charge is 0.373 e. The van der Waals surface area contributed by atoms with E-state index >= 15 is 0 Å². The minimum absolute atomic E-state index is 0.370. The molecule has 0 aromatic carbocycles. The molecule has 2 aliphatic rings. The van der Waals surface area contributed by atoms with Crippen LogP contribution in [-0.2, 0) is 11.2 Å². The molecule has 0 radical (unpaired) electrons. The summed E-state index contributed by atoms with van der Waals surface area (Å²) in [5.74, 6) is 0.869. The summed E-state index contributed by atoms with van der Waals surface area (Å²) in [7, 11) is 1.81. The van der Waals surface area contributed by atoms with Crippen LogP contribution in [0, 0.1) is 0 Å². The van der Waals surface area contributed by atoms with Crippen molar-refractivity contribution in [1.29, 1.82) is 0 Å². The first-order valence-corrected chi connectivity index (χ1v) is 8.31. The lowest BCUT2D eigenvalue weighted by atomic mass is 9.96. The van der Waals surface area contributed by atoms with Crippen LogP contribution in [0.3, 0.4) is 0 Å². The monoisotopic (exact) mass is 313 g/mol. The number of thiophene rings is 1. The number of fused-ring (bicyclic) bond motifs is 2. The standard InChI is InChI=1S/C14H20ClN3OS/c1-16-14(17-7-6-10-3-5-13(15)20-10)18-11-8-9-2-4-12(11)19-9/h3,5,9,11-12H,2,4,6-8H2,1H3,(H2,16,17,18). The number of hydrogen-bond acceptors (Lipinski definition) is 3. The summed E-state index contributed by atoms with van der Waals surface area (Å²) >= 11 is 7.56. The number of nitrogens with zero attached hydrogens (tertiary/aromatic N) is 1. The number of aliphatic imine (C=N–C) groups is 1. The molecule has 2 aliphatic heterocycles. The number of halogens is 1. The zero-order valence-electron chi connectivity index (χ0n) is 11.6. The summed E-state index contributed by atoms with van der Waals surface area (Å²) in [6, 6.07) is 4.44. The van der Waals surface area contributed by atoms with E-state index in [0.717, 1.165) is 29.7 Å². The van der Waals surface area contributed by atoms with Gasteiger partial charge in [-0.25, -0.2) is 0 Å². The second-order valence-electron chi connectivity index (χ2n) is 5.32. The highest BCUT2D eigenvalue weighted by atomic mass is 35.5.